The lowest BCUT2D eigenvalue weighted by Crippen LogP contribution is -2.60. The molecule has 0 saturated heterocycles. The maximum atomic E-state index is 14.4. The number of methoxy groups -OCH3 is 1. The van der Waals surface area contributed by atoms with E-state index in [4.69, 9.17) is 18.9 Å². The second-order valence-electron chi connectivity index (χ2n) is 12.6. The first-order chi connectivity index (χ1) is 20.9. The summed E-state index contributed by atoms with van der Waals surface area (Å²) in [5.41, 5.74) is 1.69. The molecule has 1 amide bonds. The normalized spacial score (nSPS) is 20.3. The van der Waals surface area contributed by atoms with E-state index in [2.05, 4.69) is 38.9 Å². The van der Waals surface area contributed by atoms with Crippen molar-refractivity contribution in [1.82, 2.24) is 19.1 Å². The van der Waals surface area contributed by atoms with Gasteiger partial charge < -0.3 is 13.9 Å². The van der Waals surface area contributed by atoms with Gasteiger partial charge in [-0.25, -0.2) is 22.4 Å². The van der Waals surface area contributed by atoms with Gasteiger partial charge in [0.1, 0.15) is 6.73 Å². The van der Waals surface area contributed by atoms with Crippen molar-refractivity contribution in [3.05, 3.63) is 71.9 Å². The van der Waals surface area contributed by atoms with Gasteiger partial charge in [0.05, 0.1) is 22.4 Å². The zero-order chi connectivity index (χ0) is 31.8. The SMILES string of the molecule is CCO[Si]1(c2nc(-n3ccc(OCCC4(C)CC4)n3)ccc2C(=O)N(COC)S(=O)(=O)c2ccccc2)CC(C)=CC1(C)C. The number of nitrogens with zero attached hydrogens (tertiary/aromatic N) is 4. The zero-order valence-corrected chi connectivity index (χ0v) is 28.2. The summed E-state index contributed by atoms with van der Waals surface area (Å²) in [5.74, 6) is 0.250. The lowest BCUT2D eigenvalue weighted by molar-refractivity contribution is 0.0665. The molecular weight excluding hydrogens is 597 g/mol. The van der Waals surface area contributed by atoms with Crippen LogP contribution in [0.5, 0.6) is 5.88 Å². The fourth-order valence-electron chi connectivity index (χ4n) is 5.99. The Balaban J connectivity index is 1.59. The Morgan fingerprint density at radius 2 is 1.82 bits per heavy atom. The number of hydrogen-bond donors (Lipinski definition) is 0. The average molecular weight is 639 g/mol. The minimum absolute atomic E-state index is 0.00764. The van der Waals surface area contributed by atoms with Crippen molar-refractivity contribution < 1.29 is 27.1 Å². The summed E-state index contributed by atoms with van der Waals surface area (Å²) in [7, 11) is -5.95. The molecule has 2 aromatic heterocycles. The van der Waals surface area contributed by atoms with Crippen LogP contribution >= 0.6 is 0 Å². The van der Waals surface area contributed by atoms with Crippen molar-refractivity contribution >= 4 is 29.6 Å². The molecule has 0 radical (unpaired) electrons. The van der Waals surface area contributed by atoms with E-state index in [9.17, 15) is 13.2 Å². The number of aromatic nitrogens is 3. The van der Waals surface area contributed by atoms with E-state index in [0.717, 1.165) is 16.3 Å². The zero-order valence-electron chi connectivity index (χ0n) is 26.4. The summed E-state index contributed by atoms with van der Waals surface area (Å²) in [6, 6.07) is 13.6. The van der Waals surface area contributed by atoms with Gasteiger partial charge in [-0.15, -0.1) is 5.10 Å². The Morgan fingerprint density at radius 1 is 1.09 bits per heavy atom. The highest BCUT2D eigenvalue weighted by Crippen LogP contribution is 2.50. The topological polar surface area (TPSA) is 113 Å². The van der Waals surface area contributed by atoms with Gasteiger partial charge in [-0.2, -0.15) is 0 Å². The van der Waals surface area contributed by atoms with Crippen LogP contribution in [0, 0.1) is 5.41 Å². The molecule has 1 aliphatic carbocycles. The highest BCUT2D eigenvalue weighted by atomic mass is 32.2. The summed E-state index contributed by atoms with van der Waals surface area (Å²) >= 11 is 0. The van der Waals surface area contributed by atoms with Crippen LogP contribution in [0.25, 0.3) is 5.82 Å². The van der Waals surface area contributed by atoms with Crippen molar-refractivity contribution in [2.75, 3.05) is 27.1 Å². The highest BCUT2D eigenvalue weighted by molar-refractivity contribution is 7.89. The van der Waals surface area contributed by atoms with E-state index in [0.29, 0.717) is 41.7 Å². The molecule has 1 aromatic carbocycles. The molecule has 1 unspecified atom stereocenters. The van der Waals surface area contributed by atoms with Gasteiger partial charge in [0.2, 0.25) is 5.88 Å². The summed E-state index contributed by atoms with van der Waals surface area (Å²) < 4.78 is 47.7. The quantitative estimate of drug-likeness (QED) is 0.143. The smallest absolute Gasteiger partial charge is 0.271 e. The Morgan fingerprint density at radius 3 is 2.43 bits per heavy atom. The monoisotopic (exact) mass is 638 g/mol. The van der Waals surface area contributed by atoms with Gasteiger partial charge in [0, 0.05) is 31.0 Å². The lowest BCUT2D eigenvalue weighted by Gasteiger charge is -2.39. The van der Waals surface area contributed by atoms with E-state index in [-0.39, 0.29) is 10.5 Å². The van der Waals surface area contributed by atoms with E-state index >= 15 is 0 Å². The van der Waals surface area contributed by atoms with Crippen LogP contribution in [0.1, 0.15) is 64.2 Å². The molecule has 1 aliphatic heterocycles. The number of carbonyl (C=O) groups is 1. The third kappa shape index (κ3) is 6.13. The number of sulfonamides is 1. The van der Waals surface area contributed by atoms with Gasteiger partial charge in [-0.3, -0.25) is 4.79 Å². The van der Waals surface area contributed by atoms with Gasteiger partial charge in [0.25, 0.3) is 24.2 Å². The largest absolute Gasteiger partial charge is 0.477 e. The molecule has 0 spiro atoms. The number of amides is 1. The fourth-order valence-corrected chi connectivity index (χ4v) is 11.9. The maximum Gasteiger partial charge on any atom is 0.271 e. The molecule has 1 saturated carbocycles. The molecule has 0 bridgehead atoms. The lowest BCUT2D eigenvalue weighted by atomic mass is 10.1. The number of carbonyl (C=O) groups excluding carboxylic acids is 1. The number of benzene rings is 1. The second kappa shape index (κ2) is 12.2. The van der Waals surface area contributed by atoms with Crippen LogP contribution in [0.2, 0.25) is 11.1 Å². The third-order valence-corrected chi connectivity index (χ3v) is 15.7. The fraction of sp³-hybridized carbons (Fsp3) is 0.469. The van der Waals surface area contributed by atoms with E-state index in [1.807, 2.05) is 6.92 Å². The number of rotatable bonds is 13. The van der Waals surface area contributed by atoms with Crippen molar-refractivity contribution in [2.45, 2.75) is 69.9 Å². The molecule has 10 nitrogen and oxygen atoms in total. The maximum absolute atomic E-state index is 14.4. The summed E-state index contributed by atoms with van der Waals surface area (Å²) in [6.07, 6.45) is 7.40. The Labute approximate surface area is 261 Å². The minimum Gasteiger partial charge on any atom is -0.477 e. The number of pyridine rings is 1. The summed E-state index contributed by atoms with van der Waals surface area (Å²) in [4.78, 5) is 19.4. The predicted molar refractivity (Wildman–Crippen MR) is 170 cm³/mol. The van der Waals surface area contributed by atoms with Gasteiger partial charge in [-0.05, 0) is 68.8 Å². The molecule has 3 aromatic rings. The standard InChI is InChI=1S/C32H42N4O6SSi/c1-7-42-44(22-24(2)21-31(44,3)4)29-26(30(37)36(23-40-6)43(38,39)25-11-9-8-10-12-25)13-14-27(33-29)35-19-15-28(34-35)41-20-18-32(5)16-17-32/h8-15,19,21H,7,16-18,20,22-23H2,1-6H3. The predicted octanol–water partition coefficient (Wildman–Crippen LogP) is 5.20. The van der Waals surface area contributed by atoms with Gasteiger partial charge in [0.15, 0.2) is 5.82 Å². The van der Waals surface area contributed by atoms with Crippen LogP contribution < -0.4 is 10.1 Å². The summed E-state index contributed by atoms with van der Waals surface area (Å²) in [5, 5.41) is 4.65. The van der Waals surface area contributed by atoms with Crippen LogP contribution in [0.15, 0.2) is 71.3 Å². The Bertz CT molecular complexity index is 1650. The highest BCUT2D eigenvalue weighted by Gasteiger charge is 2.56. The van der Waals surface area contributed by atoms with E-state index in [1.165, 1.54) is 32.1 Å². The molecule has 12 heteroatoms. The van der Waals surface area contributed by atoms with Gasteiger partial charge in [-0.1, -0.05) is 50.6 Å². The van der Waals surface area contributed by atoms with E-state index < -0.39 is 36.0 Å². The van der Waals surface area contributed by atoms with E-state index in [1.54, 1.807) is 47.3 Å². The van der Waals surface area contributed by atoms with Crippen LogP contribution in [-0.4, -0.2) is 68.8 Å². The molecular formula is C32H42N4O6SSi. The molecule has 1 atom stereocenters. The van der Waals surface area contributed by atoms with Crippen molar-refractivity contribution in [1.29, 1.82) is 0 Å². The summed E-state index contributed by atoms with van der Waals surface area (Å²) in [6.45, 7) is 11.0. The molecule has 5 rings (SSSR count). The van der Waals surface area contributed by atoms with Crippen molar-refractivity contribution in [3.63, 3.8) is 0 Å². The molecule has 3 heterocycles. The number of ether oxygens (including phenoxy) is 2. The second-order valence-corrected chi connectivity index (χ2v) is 18.5. The molecule has 236 valence electrons. The molecule has 2 aliphatic rings. The first kappa shape index (κ1) is 32.1. The molecule has 1 fully saturated rings. The Kier molecular flexibility index (Phi) is 8.91. The van der Waals surface area contributed by atoms with Crippen molar-refractivity contribution in [3.8, 4) is 11.7 Å². The van der Waals surface area contributed by atoms with Crippen LogP contribution in [0.4, 0.5) is 0 Å². The van der Waals surface area contributed by atoms with Crippen molar-refractivity contribution in [2.24, 2.45) is 5.41 Å². The Hall–Kier alpha value is -3.32. The third-order valence-electron chi connectivity index (χ3n) is 8.72. The van der Waals surface area contributed by atoms with Gasteiger partial charge >= 0.3 is 0 Å². The average Bonchev–Trinajstić information content (AvgIpc) is 3.43. The van der Waals surface area contributed by atoms with Crippen LogP contribution in [0.3, 0.4) is 0 Å². The first-order valence-corrected chi connectivity index (χ1v) is 18.6. The van der Waals surface area contributed by atoms with Crippen LogP contribution in [-0.2, 0) is 19.2 Å². The minimum atomic E-state index is -4.24. The number of hydrogen-bond acceptors (Lipinski definition) is 8. The molecule has 0 N–H and O–H groups in total. The molecule has 44 heavy (non-hydrogen) atoms. The number of allylic oxidation sites excluding steroid dienone is 2. The first-order valence-electron chi connectivity index (χ1n) is 15.0.